The summed E-state index contributed by atoms with van der Waals surface area (Å²) >= 11 is 0. The second kappa shape index (κ2) is 7.18. The van der Waals surface area contributed by atoms with Crippen molar-refractivity contribution in [2.24, 2.45) is 0 Å². The summed E-state index contributed by atoms with van der Waals surface area (Å²) in [6, 6.07) is 9.67. The van der Waals surface area contributed by atoms with Crippen LogP contribution in [-0.2, 0) is 16.0 Å². The van der Waals surface area contributed by atoms with E-state index in [1.165, 1.54) is 7.11 Å². The molecule has 0 aliphatic carbocycles. The molecule has 8 heteroatoms. The maximum atomic E-state index is 12.0. The van der Waals surface area contributed by atoms with Crippen molar-refractivity contribution in [2.45, 2.75) is 13.5 Å². The van der Waals surface area contributed by atoms with Crippen LogP contribution in [0.1, 0.15) is 5.69 Å². The molecule has 0 aliphatic rings. The van der Waals surface area contributed by atoms with Gasteiger partial charge in [0.1, 0.15) is 12.3 Å². The molecule has 1 aromatic carbocycles. The molecule has 0 N–H and O–H groups in total. The fourth-order valence-corrected chi connectivity index (χ4v) is 2.32. The summed E-state index contributed by atoms with van der Waals surface area (Å²) in [7, 11) is 1.50. The van der Waals surface area contributed by atoms with E-state index in [9.17, 15) is 4.79 Å². The van der Waals surface area contributed by atoms with Crippen LogP contribution in [0, 0.1) is 6.92 Å². The van der Waals surface area contributed by atoms with Gasteiger partial charge < -0.3 is 13.9 Å². The Balaban J connectivity index is 1.86. The van der Waals surface area contributed by atoms with Crippen LogP contribution < -0.4 is 5.76 Å². The zero-order chi connectivity index (χ0) is 17.8. The Morgan fingerprint density at radius 1 is 1.32 bits per heavy atom. The molecule has 25 heavy (non-hydrogen) atoms. The van der Waals surface area contributed by atoms with Gasteiger partial charge in [-0.1, -0.05) is 24.8 Å². The zero-order valence-corrected chi connectivity index (χ0v) is 14.0. The molecule has 8 nitrogen and oxygen atoms in total. The van der Waals surface area contributed by atoms with E-state index < -0.39 is 5.76 Å². The Morgan fingerprint density at radius 2 is 2.08 bits per heavy atom. The highest BCUT2D eigenvalue weighted by atomic mass is 16.7. The number of benzene rings is 1. The Kier molecular flexibility index (Phi) is 4.80. The quantitative estimate of drug-likeness (QED) is 0.483. The van der Waals surface area contributed by atoms with Crippen LogP contribution in [0.4, 0.5) is 0 Å². The third-order valence-corrected chi connectivity index (χ3v) is 3.55. The predicted molar refractivity (Wildman–Crippen MR) is 90.2 cm³/mol. The van der Waals surface area contributed by atoms with Gasteiger partial charge in [-0.25, -0.2) is 9.48 Å². The summed E-state index contributed by atoms with van der Waals surface area (Å²) in [4.78, 5) is 12.0. The molecule has 0 amide bonds. The molecule has 0 fully saturated rings. The second-order valence-corrected chi connectivity index (χ2v) is 5.31. The average Bonchev–Trinajstić information content (AvgIpc) is 3.17. The van der Waals surface area contributed by atoms with Crippen molar-refractivity contribution in [3.8, 4) is 17.1 Å². The number of methoxy groups -OCH3 is 1. The van der Waals surface area contributed by atoms with Gasteiger partial charge in [-0.3, -0.25) is 0 Å². The van der Waals surface area contributed by atoms with Crippen LogP contribution in [0.2, 0.25) is 0 Å². The molecule has 3 aromatic rings. The number of aromatic nitrogens is 4. The Hall–Kier alpha value is -3.13. The number of hydrogen-bond donors (Lipinski definition) is 0. The number of rotatable bonds is 7. The maximum Gasteiger partial charge on any atom is 0.437 e. The van der Waals surface area contributed by atoms with Gasteiger partial charge in [-0.15, -0.1) is 5.10 Å². The largest absolute Gasteiger partial charge is 0.471 e. The minimum absolute atomic E-state index is 0.0568. The van der Waals surface area contributed by atoms with Gasteiger partial charge in [0.15, 0.2) is 6.79 Å². The number of nitrogens with zero attached hydrogens (tertiary/aromatic N) is 4. The number of allylic oxidation sites excluding steroid dienone is 1. The standard InChI is InChI=1S/C17H18N4O4/c1-12(24-11-23-3)10-20-17(22)25-16(19-20)15-9-18-21(13(15)2)14-7-5-4-6-8-14/h4-9H,1,10-11H2,2-3H3. The van der Waals surface area contributed by atoms with Gasteiger partial charge in [0.2, 0.25) is 0 Å². The lowest BCUT2D eigenvalue weighted by Gasteiger charge is -2.06. The monoisotopic (exact) mass is 342 g/mol. The molecule has 0 radical (unpaired) electrons. The molecular formula is C17H18N4O4. The van der Waals surface area contributed by atoms with Gasteiger partial charge in [-0.05, 0) is 19.1 Å². The molecule has 2 aromatic heterocycles. The topological polar surface area (TPSA) is 84.3 Å². The number of ether oxygens (including phenoxy) is 2. The molecule has 3 rings (SSSR count). The summed E-state index contributed by atoms with van der Waals surface area (Å²) in [5.41, 5.74) is 2.37. The van der Waals surface area contributed by atoms with Crippen molar-refractivity contribution >= 4 is 0 Å². The van der Waals surface area contributed by atoms with Crippen LogP contribution in [-0.4, -0.2) is 33.5 Å². The highest BCUT2D eigenvalue weighted by Crippen LogP contribution is 2.22. The highest BCUT2D eigenvalue weighted by Gasteiger charge is 2.17. The Morgan fingerprint density at radius 3 is 2.80 bits per heavy atom. The molecule has 0 aliphatic heterocycles. The summed E-state index contributed by atoms with van der Waals surface area (Å²) in [6.07, 6.45) is 1.62. The normalized spacial score (nSPS) is 10.8. The van der Waals surface area contributed by atoms with Crippen LogP contribution in [0.15, 0.2) is 58.1 Å². The predicted octanol–water partition coefficient (Wildman–Crippen LogP) is 2.13. The van der Waals surface area contributed by atoms with E-state index in [1.54, 1.807) is 10.9 Å². The fourth-order valence-electron chi connectivity index (χ4n) is 2.32. The fraction of sp³-hybridized carbons (Fsp3) is 0.235. The van der Waals surface area contributed by atoms with E-state index in [2.05, 4.69) is 16.8 Å². The molecule has 2 heterocycles. The van der Waals surface area contributed by atoms with Crippen LogP contribution in [0.3, 0.4) is 0 Å². The summed E-state index contributed by atoms with van der Waals surface area (Å²) < 4.78 is 18.1. The van der Waals surface area contributed by atoms with Crippen molar-refractivity contribution in [3.63, 3.8) is 0 Å². The molecule has 130 valence electrons. The first-order valence-electron chi connectivity index (χ1n) is 7.58. The van der Waals surface area contributed by atoms with Crippen molar-refractivity contribution < 1.29 is 13.9 Å². The number of hydrogen-bond acceptors (Lipinski definition) is 6. The van der Waals surface area contributed by atoms with Gasteiger partial charge >= 0.3 is 5.76 Å². The highest BCUT2D eigenvalue weighted by molar-refractivity contribution is 5.56. The lowest BCUT2D eigenvalue weighted by Crippen LogP contribution is -2.18. The molecule has 0 atom stereocenters. The molecule has 0 unspecified atom stereocenters. The SMILES string of the molecule is C=C(Cn1nc(-c2cnn(-c3ccccc3)c2C)oc1=O)OCOC. The molecule has 0 spiro atoms. The molecule has 0 saturated heterocycles. The molecular weight excluding hydrogens is 324 g/mol. The third kappa shape index (κ3) is 3.53. The van der Waals surface area contributed by atoms with E-state index in [0.29, 0.717) is 11.3 Å². The van der Waals surface area contributed by atoms with E-state index in [0.717, 1.165) is 16.1 Å². The third-order valence-electron chi connectivity index (χ3n) is 3.55. The first kappa shape index (κ1) is 16.7. The first-order valence-corrected chi connectivity index (χ1v) is 7.58. The Bertz CT molecular complexity index is 924. The van der Waals surface area contributed by atoms with Crippen molar-refractivity contribution in [1.82, 2.24) is 19.6 Å². The zero-order valence-electron chi connectivity index (χ0n) is 14.0. The lowest BCUT2D eigenvalue weighted by molar-refractivity contribution is 0.00117. The minimum atomic E-state index is -0.593. The van der Waals surface area contributed by atoms with Gasteiger partial charge in [0, 0.05) is 7.11 Å². The van der Waals surface area contributed by atoms with Gasteiger partial charge in [-0.2, -0.15) is 9.78 Å². The van der Waals surface area contributed by atoms with Crippen LogP contribution in [0.5, 0.6) is 0 Å². The maximum absolute atomic E-state index is 12.0. The van der Waals surface area contributed by atoms with E-state index in [4.69, 9.17) is 13.9 Å². The first-order chi connectivity index (χ1) is 12.1. The Labute approximate surface area is 143 Å². The summed E-state index contributed by atoms with van der Waals surface area (Å²) in [5, 5.41) is 8.55. The van der Waals surface area contributed by atoms with Crippen LogP contribution in [0.25, 0.3) is 17.1 Å². The summed E-state index contributed by atoms with van der Waals surface area (Å²) in [5.74, 6) is -0.0475. The number of para-hydroxylation sites is 1. The van der Waals surface area contributed by atoms with E-state index >= 15 is 0 Å². The van der Waals surface area contributed by atoms with E-state index in [-0.39, 0.29) is 19.2 Å². The lowest BCUT2D eigenvalue weighted by atomic mass is 10.2. The van der Waals surface area contributed by atoms with Crippen molar-refractivity contribution in [1.29, 1.82) is 0 Å². The van der Waals surface area contributed by atoms with Gasteiger partial charge in [0.05, 0.1) is 23.1 Å². The van der Waals surface area contributed by atoms with Crippen LogP contribution >= 0.6 is 0 Å². The smallest absolute Gasteiger partial charge is 0.437 e. The second-order valence-electron chi connectivity index (χ2n) is 5.31. The van der Waals surface area contributed by atoms with Crippen molar-refractivity contribution in [2.75, 3.05) is 13.9 Å². The average molecular weight is 342 g/mol. The summed E-state index contributed by atoms with van der Waals surface area (Å²) in [6.45, 7) is 5.73. The van der Waals surface area contributed by atoms with Crippen molar-refractivity contribution in [3.05, 3.63) is 65.1 Å². The van der Waals surface area contributed by atoms with Gasteiger partial charge in [0.25, 0.3) is 5.89 Å². The minimum Gasteiger partial charge on any atom is -0.471 e. The molecule has 0 bridgehead atoms. The van der Waals surface area contributed by atoms with E-state index in [1.807, 2.05) is 37.3 Å². The molecule has 0 saturated carbocycles.